The average molecular weight is 482 g/mol. The standard InChI is InChI=1S/C8H13N3Se.Es/c1-2-11(5-6-12)7-8-9-3-4-10-8;/h3-4H,1-2,5-7H2,(H,9,10);/q-1;. The second kappa shape index (κ2) is 6.23. The van der Waals surface area contributed by atoms with Crippen LogP contribution in [-0.4, -0.2) is 44.0 Å². The van der Waals surface area contributed by atoms with Crippen LogP contribution in [0.15, 0.2) is 12.4 Å². The Morgan fingerprint density at radius 3 is 2.85 bits per heavy atom. The zero-order valence-electron chi connectivity index (χ0n) is 7.29. The molecule has 0 aliphatic heterocycles. The van der Waals surface area contributed by atoms with Crippen molar-refractivity contribution in [2.45, 2.75) is 11.9 Å². The Hall–Kier alpha value is -1.31. The molecule has 0 aromatic carbocycles. The number of hydrogen-bond acceptors (Lipinski definition) is 2. The molecule has 1 rings (SSSR count). The summed E-state index contributed by atoms with van der Waals surface area (Å²) in [4.78, 5) is 9.45. The van der Waals surface area contributed by atoms with E-state index in [-0.39, 0.29) is 0 Å². The Morgan fingerprint density at radius 1 is 1.62 bits per heavy atom. The van der Waals surface area contributed by atoms with Gasteiger partial charge in [0.15, 0.2) is 0 Å². The predicted octanol–water partition coefficient (Wildman–Crippen LogP) is 0.633. The van der Waals surface area contributed by atoms with Crippen LogP contribution in [0.1, 0.15) is 5.82 Å². The molecule has 0 amide bonds. The van der Waals surface area contributed by atoms with E-state index in [0.717, 1.165) is 30.8 Å². The second-order valence-corrected chi connectivity index (χ2v) is 3.37. The van der Waals surface area contributed by atoms with E-state index in [1.54, 1.807) is 6.20 Å². The summed E-state index contributed by atoms with van der Waals surface area (Å²) in [5.41, 5.74) is 0. The Labute approximate surface area is 81.4 Å². The Balaban J connectivity index is 0.00000144. The smallest absolute Gasteiger partial charge is 0 e. The molecule has 0 fully saturated rings. The minimum atomic E-state index is 0. The first-order chi connectivity index (χ1) is 5.86. The van der Waals surface area contributed by atoms with Crippen LogP contribution in [0.2, 0.25) is 5.32 Å². The maximum absolute atomic E-state index is 4.15. The normalized spacial score (nSPS) is 10.1. The average Bonchev–Trinajstić information content (AvgIpc) is 2.56. The van der Waals surface area contributed by atoms with Crippen molar-refractivity contribution in [3.63, 3.8) is 0 Å². The van der Waals surface area contributed by atoms with Gasteiger partial charge in [-0.05, 0) is 0 Å². The molecule has 0 aliphatic rings. The molecule has 2 radical (unpaired) electrons. The number of H-pyrrole nitrogens is 1. The molecule has 0 atom stereocenters. The molecule has 0 saturated heterocycles. The molecule has 0 saturated carbocycles. The van der Waals surface area contributed by atoms with E-state index in [1.807, 2.05) is 6.20 Å². The van der Waals surface area contributed by atoms with Crippen LogP contribution in [0.25, 0.3) is 0 Å². The van der Waals surface area contributed by atoms with Gasteiger partial charge in [-0.3, -0.25) is 0 Å². The fourth-order valence-electron chi connectivity index (χ4n) is 0.995. The number of hydrogen-bond donors (Lipinski definition) is 1. The van der Waals surface area contributed by atoms with Crippen molar-refractivity contribution in [1.29, 1.82) is 0 Å². The van der Waals surface area contributed by atoms with Crippen LogP contribution in [0.3, 0.4) is 0 Å². The zero-order valence-corrected chi connectivity index (χ0v) is 11.5. The number of imidazole rings is 1. The first-order valence-corrected chi connectivity index (χ1v) is 5.16. The van der Waals surface area contributed by atoms with E-state index < -0.39 is 0 Å². The summed E-state index contributed by atoms with van der Waals surface area (Å²) >= 11 is 2.99. The molecule has 1 heterocycles. The summed E-state index contributed by atoms with van der Waals surface area (Å²) in [7, 11) is 0. The summed E-state index contributed by atoms with van der Waals surface area (Å²) in [6.07, 6.45) is 3.61. The molecule has 78 valence electrons. The topological polar surface area (TPSA) is 31.9 Å². The van der Waals surface area contributed by atoms with Crippen LogP contribution in [0.4, 0.5) is 0 Å². The first kappa shape index (κ1) is 11.7. The molecule has 1 aromatic rings. The predicted molar refractivity (Wildman–Crippen MR) is 49.8 cm³/mol. The van der Waals surface area contributed by atoms with Crippen molar-refractivity contribution in [3.05, 3.63) is 25.1 Å². The van der Waals surface area contributed by atoms with E-state index in [1.165, 1.54) is 0 Å². The van der Waals surface area contributed by atoms with E-state index in [9.17, 15) is 0 Å². The van der Waals surface area contributed by atoms with Gasteiger partial charge in [-0.1, -0.05) is 0 Å². The summed E-state index contributed by atoms with van der Waals surface area (Å²) in [6, 6.07) is 0. The van der Waals surface area contributed by atoms with E-state index in [2.05, 4.69) is 37.8 Å². The Kier molecular flexibility index (Phi) is 5.60. The van der Waals surface area contributed by atoms with E-state index in [4.69, 9.17) is 0 Å². The quantitative estimate of drug-likeness (QED) is 0.494. The second-order valence-electron chi connectivity index (χ2n) is 2.52. The third-order valence-electron chi connectivity index (χ3n) is 1.65. The minimum Gasteiger partial charge on any atom is 0 e. The van der Waals surface area contributed by atoms with Gasteiger partial charge in [0.05, 0.1) is 0 Å². The van der Waals surface area contributed by atoms with Crippen LogP contribution in [0, 0.1) is 6.92 Å². The Bertz CT molecular complexity index is 203. The molecule has 0 bridgehead atoms. The maximum Gasteiger partial charge on any atom is 0 e. The van der Waals surface area contributed by atoms with Crippen molar-refractivity contribution in [2.24, 2.45) is 0 Å². The molecule has 5 heteroatoms. The molecule has 1 N–H and O–H groups in total. The SMILES string of the molecule is [CH2-]CN(CC[Se])Cc1ncc[nH]1.[Es]. The number of aromatic amines is 1. The van der Waals surface area contributed by atoms with Gasteiger partial charge in [-0.2, -0.15) is 0 Å². The first-order valence-electron chi connectivity index (χ1n) is 3.94. The van der Waals surface area contributed by atoms with Crippen molar-refractivity contribution in [1.82, 2.24) is 14.9 Å². The van der Waals surface area contributed by atoms with Crippen molar-refractivity contribution in [3.8, 4) is 0 Å². The molecular formula is C8H13EsN3Se-. The van der Waals surface area contributed by atoms with Crippen molar-refractivity contribution < 1.29 is 0 Å². The van der Waals surface area contributed by atoms with Gasteiger partial charge in [0, 0.05) is 0 Å². The number of rotatable bonds is 5. The van der Waals surface area contributed by atoms with Gasteiger partial charge < -0.3 is 0 Å². The summed E-state index contributed by atoms with van der Waals surface area (Å²) in [5, 5.41) is 1.04. The summed E-state index contributed by atoms with van der Waals surface area (Å²) < 4.78 is 0. The van der Waals surface area contributed by atoms with E-state index in [0.29, 0.717) is 0 Å². The number of nitrogens with zero attached hydrogens (tertiary/aromatic N) is 2. The van der Waals surface area contributed by atoms with Gasteiger partial charge in [0.1, 0.15) is 0 Å². The van der Waals surface area contributed by atoms with Gasteiger partial charge in [0.25, 0.3) is 0 Å². The van der Waals surface area contributed by atoms with Crippen molar-refractivity contribution in [2.75, 3.05) is 13.1 Å². The molecule has 0 unspecified atom stereocenters. The van der Waals surface area contributed by atoms with Crippen molar-refractivity contribution >= 4 is 16.0 Å². The fraction of sp³-hybridized carbons (Fsp3) is 0.500. The molecule has 3 nitrogen and oxygen atoms in total. The van der Waals surface area contributed by atoms with Crippen LogP contribution in [-0.2, 0) is 6.54 Å². The molecule has 1 aromatic heterocycles. The van der Waals surface area contributed by atoms with Gasteiger partial charge in [-0.25, -0.2) is 0 Å². The molecule has 13 heavy (non-hydrogen) atoms. The van der Waals surface area contributed by atoms with Crippen LogP contribution < -0.4 is 0 Å². The number of aromatic nitrogens is 2. The zero-order chi connectivity index (χ0) is 8.81. The largest absolute Gasteiger partial charge is 0 e. The molecule has 0 spiro atoms. The summed E-state index contributed by atoms with van der Waals surface area (Å²) in [6.45, 7) is 6.57. The van der Waals surface area contributed by atoms with Crippen LogP contribution in [0.5, 0.6) is 0 Å². The minimum absolute atomic E-state index is 0. The summed E-state index contributed by atoms with van der Waals surface area (Å²) in [5.74, 6) is 1.01. The van der Waals surface area contributed by atoms with Crippen LogP contribution >= 0.6 is 0 Å². The third kappa shape index (κ3) is 3.74. The Morgan fingerprint density at radius 2 is 2.38 bits per heavy atom. The monoisotopic (exact) mass is 483 g/mol. The third-order valence-corrected chi connectivity index (χ3v) is 2.04. The van der Waals surface area contributed by atoms with E-state index >= 15 is 0 Å². The molecule has 0 aliphatic carbocycles. The maximum atomic E-state index is 4.15. The number of nitrogens with one attached hydrogen (secondary N) is 1. The fourth-order valence-corrected chi connectivity index (χ4v) is 1.54. The molecular weight excluding hydrogens is 469 g/mol. The van der Waals surface area contributed by atoms with Gasteiger partial charge in [0.2, 0.25) is 0 Å². The van der Waals surface area contributed by atoms with Gasteiger partial charge in [-0.15, -0.1) is 0 Å². The van der Waals surface area contributed by atoms with Gasteiger partial charge >= 0.3 is 81.0 Å².